The summed E-state index contributed by atoms with van der Waals surface area (Å²) in [6.45, 7) is 13.9. The lowest BCUT2D eigenvalue weighted by molar-refractivity contribution is -0.157. The number of piperazine rings is 2. The molecule has 194 valence electrons. The molecular weight excluding hydrogens is 442 g/mol. The van der Waals surface area contributed by atoms with Crippen LogP contribution in [0.25, 0.3) is 0 Å². The largest absolute Gasteiger partial charge is 0.466 e. The van der Waals surface area contributed by atoms with Crippen molar-refractivity contribution in [3.05, 3.63) is 0 Å². The van der Waals surface area contributed by atoms with Gasteiger partial charge in [-0.25, -0.2) is 4.79 Å². The molecule has 34 heavy (non-hydrogen) atoms. The van der Waals surface area contributed by atoms with E-state index in [0.29, 0.717) is 32.7 Å². The highest BCUT2D eigenvalue weighted by Gasteiger charge is 2.36. The molecule has 0 aliphatic carbocycles. The summed E-state index contributed by atoms with van der Waals surface area (Å²) in [5, 5.41) is 0. The molecule has 0 aromatic carbocycles. The summed E-state index contributed by atoms with van der Waals surface area (Å²) < 4.78 is 15.9. The van der Waals surface area contributed by atoms with E-state index in [1.165, 1.54) is 0 Å². The van der Waals surface area contributed by atoms with Gasteiger partial charge in [0.15, 0.2) is 0 Å². The molecule has 3 saturated heterocycles. The van der Waals surface area contributed by atoms with Crippen LogP contribution in [0.1, 0.15) is 20.3 Å². The topological polar surface area (TPSA) is 95.1 Å². The molecule has 11 heteroatoms. The van der Waals surface area contributed by atoms with E-state index in [-0.39, 0.29) is 37.8 Å². The Bertz CT molecular complexity index is 679. The van der Waals surface area contributed by atoms with Crippen LogP contribution in [0, 0.1) is 0 Å². The maximum Gasteiger partial charge on any atom is 0.410 e. The van der Waals surface area contributed by atoms with E-state index in [0.717, 1.165) is 45.8 Å². The van der Waals surface area contributed by atoms with E-state index in [2.05, 4.69) is 21.7 Å². The number of esters is 2. The molecule has 3 rings (SSSR count). The molecule has 0 saturated carbocycles. The van der Waals surface area contributed by atoms with Gasteiger partial charge in [-0.15, -0.1) is 0 Å². The molecule has 0 aromatic rings. The Hall–Kier alpha value is -1.95. The number of cyclic esters (lactones) is 1. The summed E-state index contributed by atoms with van der Waals surface area (Å²) in [6.07, 6.45) is -0.378. The van der Waals surface area contributed by atoms with E-state index in [1.54, 1.807) is 13.8 Å². The smallest absolute Gasteiger partial charge is 0.410 e. The van der Waals surface area contributed by atoms with Crippen LogP contribution >= 0.6 is 0 Å². The predicted octanol–water partition coefficient (Wildman–Crippen LogP) is -0.443. The second kappa shape index (κ2) is 13.2. The molecule has 0 bridgehead atoms. The van der Waals surface area contributed by atoms with E-state index in [9.17, 15) is 14.4 Å². The van der Waals surface area contributed by atoms with Crippen LogP contribution < -0.4 is 0 Å². The van der Waals surface area contributed by atoms with Crippen LogP contribution in [0.4, 0.5) is 4.79 Å². The molecule has 3 fully saturated rings. The normalized spacial score (nSPS) is 24.1. The number of amides is 1. The molecule has 0 radical (unpaired) electrons. The van der Waals surface area contributed by atoms with Crippen LogP contribution in [0.3, 0.4) is 0 Å². The van der Waals surface area contributed by atoms with E-state index in [1.807, 2.05) is 9.80 Å². The molecule has 3 heterocycles. The highest BCUT2D eigenvalue weighted by molar-refractivity contribution is 5.82. The molecule has 0 spiro atoms. The van der Waals surface area contributed by atoms with Crippen molar-refractivity contribution in [3.8, 4) is 0 Å². The fourth-order valence-electron chi connectivity index (χ4n) is 4.71. The van der Waals surface area contributed by atoms with Crippen molar-refractivity contribution in [2.45, 2.75) is 32.4 Å². The Morgan fingerprint density at radius 3 is 2.24 bits per heavy atom. The van der Waals surface area contributed by atoms with E-state index < -0.39 is 12.0 Å². The Balaban J connectivity index is 1.41. The first-order valence-corrected chi connectivity index (χ1v) is 12.5. The zero-order valence-electron chi connectivity index (χ0n) is 20.9. The van der Waals surface area contributed by atoms with Gasteiger partial charge in [-0.1, -0.05) is 0 Å². The van der Waals surface area contributed by atoms with Crippen LogP contribution in [-0.2, 0) is 23.8 Å². The van der Waals surface area contributed by atoms with Gasteiger partial charge < -0.3 is 24.0 Å². The minimum Gasteiger partial charge on any atom is -0.466 e. The summed E-state index contributed by atoms with van der Waals surface area (Å²) in [4.78, 5) is 47.6. The van der Waals surface area contributed by atoms with Crippen molar-refractivity contribution in [3.63, 3.8) is 0 Å². The number of nitrogens with zero attached hydrogens (tertiary/aromatic N) is 5. The van der Waals surface area contributed by atoms with Gasteiger partial charge in [-0.3, -0.25) is 24.3 Å². The minimum absolute atomic E-state index is 0.00479. The van der Waals surface area contributed by atoms with Gasteiger partial charge in [0, 0.05) is 72.0 Å². The van der Waals surface area contributed by atoms with Crippen LogP contribution in [-0.4, -0.2) is 153 Å². The third-order valence-corrected chi connectivity index (χ3v) is 6.77. The number of carbonyl (C=O) groups excluding carboxylic acids is 3. The molecule has 2 atom stereocenters. The summed E-state index contributed by atoms with van der Waals surface area (Å²) in [7, 11) is 2.14. The lowest BCUT2D eigenvalue weighted by Crippen LogP contribution is -2.54. The van der Waals surface area contributed by atoms with Gasteiger partial charge in [0.2, 0.25) is 0 Å². The second-order valence-corrected chi connectivity index (χ2v) is 9.21. The van der Waals surface area contributed by atoms with Gasteiger partial charge in [0.05, 0.1) is 26.2 Å². The Kier molecular flexibility index (Phi) is 10.4. The molecule has 3 aliphatic heterocycles. The molecule has 1 amide bonds. The molecule has 11 nitrogen and oxygen atoms in total. The lowest BCUT2D eigenvalue weighted by Gasteiger charge is -2.38. The van der Waals surface area contributed by atoms with Crippen molar-refractivity contribution in [1.82, 2.24) is 24.5 Å². The number of hydrogen-bond acceptors (Lipinski definition) is 10. The molecule has 3 aliphatic rings. The number of ether oxygens (including phenoxy) is 3. The molecular formula is C23H41N5O6. The van der Waals surface area contributed by atoms with E-state index >= 15 is 0 Å². The zero-order valence-corrected chi connectivity index (χ0v) is 20.9. The minimum atomic E-state index is -0.629. The quantitative estimate of drug-likeness (QED) is 0.284. The van der Waals surface area contributed by atoms with Crippen molar-refractivity contribution in [2.75, 3.05) is 98.8 Å². The second-order valence-electron chi connectivity index (χ2n) is 9.21. The van der Waals surface area contributed by atoms with Crippen LogP contribution in [0.15, 0.2) is 0 Å². The fraction of sp³-hybridized carbons (Fsp3) is 0.870. The Morgan fingerprint density at radius 1 is 0.941 bits per heavy atom. The summed E-state index contributed by atoms with van der Waals surface area (Å²) in [6, 6.07) is -0.629. The van der Waals surface area contributed by atoms with Gasteiger partial charge in [0.1, 0.15) is 12.1 Å². The van der Waals surface area contributed by atoms with Crippen molar-refractivity contribution >= 4 is 18.0 Å². The molecule has 0 N–H and O–H groups in total. The van der Waals surface area contributed by atoms with Crippen molar-refractivity contribution < 1.29 is 28.6 Å². The SMILES string of the molecule is CCOC(=O)CC(C(=O)OCC)N1CCN(CC2CN(CCN3CCN(C)CC3)C(=O)O2)CC1. The highest BCUT2D eigenvalue weighted by Crippen LogP contribution is 2.16. The number of likely N-dealkylation sites (N-methyl/N-ethyl adjacent to an activating group) is 1. The summed E-state index contributed by atoms with van der Waals surface area (Å²) >= 11 is 0. The highest BCUT2D eigenvalue weighted by atomic mass is 16.6. The van der Waals surface area contributed by atoms with E-state index in [4.69, 9.17) is 14.2 Å². The first-order valence-electron chi connectivity index (χ1n) is 12.5. The Morgan fingerprint density at radius 2 is 1.59 bits per heavy atom. The molecule has 0 aromatic heterocycles. The third-order valence-electron chi connectivity index (χ3n) is 6.77. The standard InChI is InChI=1S/C23H41N5O6/c1-4-32-21(29)16-20(22(30)33-5-2)27-13-11-26(12-14-27)17-19-18-28(23(31)34-19)15-10-25-8-6-24(3)7-9-25/h19-20H,4-18H2,1-3H3. The maximum atomic E-state index is 12.5. The molecule has 2 unspecified atom stereocenters. The zero-order chi connectivity index (χ0) is 24.5. The summed E-state index contributed by atoms with van der Waals surface area (Å²) in [5.74, 6) is -0.776. The van der Waals surface area contributed by atoms with Crippen molar-refractivity contribution in [1.29, 1.82) is 0 Å². The monoisotopic (exact) mass is 483 g/mol. The maximum absolute atomic E-state index is 12.5. The average Bonchev–Trinajstić information content (AvgIpc) is 3.17. The predicted molar refractivity (Wildman–Crippen MR) is 125 cm³/mol. The van der Waals surface area contributed by atoms with Gasteiger partial charge in [0.25, 0.3) is 0 Å². The first-order chi connectivity index (χ1) is 16.4. The average molecular weight is 484 g/mol. The van der Waals surface area contributed by atoms with Gasteiger partial charge >= 0.3 is 18.0 Å². The number of rotatable bonds is 11. The van der Waals surface area contributed by atoms with Crippen LogP contribution in [0.5, 0.6) is 0 Å². The lowest BCUT2D eigenvalue weighted by atomic mass is 10.1. The third kappa shape index (κ3) is 7.79. The number of hydrogen-bond donors (Lipinski definition) is 0. The van der Waals surface area contributed by atoms with Crippen molar-refractivity contribution in [2.24, 2.45) is 0 Å². The van der Waals surface area contributed by atoms with Gasteiger partial charge in [-0.2, -0.15) is 0 Å². The first kappa shape index (κ1) is 26.7. The Labute approximate surface area is 202 Å². The number of carbonyl (C=O) groups is 3. The van der Waals surface area contributed by atoms with Crippen LogP contribution in [0.2, 0.25) is 0 Å². The fourth-order valence-corrected chi connectivity index (χ4v) is 4.71. The summed E-state index contributed by atoms with van der Waals surface area (Å²) in [5.41, 5.74) is 0. The van der Waals surface area contributed by atoms with Gasteiger partial charge in [-0.05, 0) is 20.9 Å².